The summed E-state index contributed by atoms with van der Waals surface area (Å²) < 4.78 is 26.4. The molecule has 0 saturated carbocycles. The Labute approximate surface area is 135 Å². The van der Waals surface area contributed by atoms with Gasteiger partial charge in [-0.3, -0.25) is 24.6 Å². The third-order valence-electron chi connectivity index (χ3n) is 2.97. The molecule has 1 saturated heterocycles. The molecule has 1 N–H and O–H groups in total. The number of amides is 2. The van der Waals surface area contributed by atoms with Crippen LogP contribution < -0.4 is 5.32 Å². The summed E-state index contributed by atoms with van der Waals surface area (Å²) in [5, 5.41) is 2.14. The van der Waals surface area contributed by atoms with Crippen molar-refractivity contribution in [2.24, 2.45) is 0 Å². The number of nitrogens with zero attached hydrogens (tertiary/aromatic N) is 1. The molecule has 0 bridgehead atoms. The molecule has 5 nitrogen and oxygen atoms in total. The molecular weight excluding hydrogens is 326 g/mol. The van der Waals surface area contributed by atoms with Gasteiger partial charge in [0.25, 0.3) is 11.8 Å². The summed E-state index contributed by atoms with van der Waals surface area (Å²) >= 11 is 4.85. The lowest BCUT2D eigenvalue weighted by molar-refractivity contribution is -0.128. The van der Waals surface area contributed by atoms with Crippen LogP contribution in [0.15, 0.2) is 42.5 Å². The van der Waals surface area contributed by atoms with E-state index in [1.54, 1.807) is 0 Å². The van der Waals surface area contributed by atoms with E-state index in [1.165, 1.54) is 6.08 Å². The van der Waals surface area contributed by atoms with Crippen molar-refractivity contribution in [2.75, 3.05) is 6.54 Å². The minimum Gasteiger partial charge on any atom is -0.298 e. The number of thiocarbonyl (C=S) groups is 1. The minimum atomic E-state index is -1.09. The predicted molar refractivity (Wildman–Crippen MR) is 81.4 cm³/mol. The lowest BCUT2D eigenvalue weighted by Gasteiger charge is -2.27. The van der Waals surface area contributed by atoms with Crippen LogP contribution in [0.25, 0.3) is 0 Å². The average Bonchev–Trinajstić information content (AvgIpc) is 2.47. The predicted octanol–water partition coefficient (Wildman–Crippen LogP) is 1.50. The first kappa shape index (κ1) is 16.6. The van der Waals surface area contributed by atoms with E-state index < -0.39 is 40.4 Å². The molecular formula is C15H10F2N2O3S. The van der Waals surface area contributed by atoms with Crippen LogP contribution >= 0.6 is 12.2 Å². The highest BCUT2D eigenvalue weighted by atomic mass is 32.1. The lowest BCUT2D eigenvalue weighted by atomic mass is 10.0. The Morgan fingerprint density at radius 3 is 2.65 bits per heavy atom. The number of halogens is 2. The van der Waals surface area contributed by atoms with Crippen LogP contribution in [-0.2, 0) is 9.59 Å². The van der Waals surface area contributed by atoms with Gasteiger partial charge in [-0.05, 0) is 24.4 Å². The van der Waals surface area contributed by atoms with Gasteiger partial charge in [-0.2, -0.15) is 0 Å². The maximum Gasteiger partial charge on any atom is 0.266 e. The molecule has 118 valence electrons. The van der Waals surface area contributed by atoms with Crippen LogP contribution in [0.5, 0.6) is 0 Å². The van der Waals surface area contributed by atoms with Gasteiger partial charge in [-0.15, -0.1) is 6.58 Å². The van der Waals surface area contributed by atoms with Crippen molar-refractivity contribution < 1.29 is 23.2 Å². The Balaban J connectivity index is 2.38. The van der Waals surface area contributed by atoms with Crippen molar-refractivity contribution in [1.29, 1.82) is 0 Å². The van der Waals surface area contributed by atoms with E-state index in [4.69, 9.17) is 12.2 Å². The topological polar surface area (TPSA) is 66.5 Å². The molecule has 1 aliphatic rings. The van der Waals surface area contributed by atoms with E-state index in [0.717, 1.165) is 17.0 Å². The monoisotopic (exact) mass is 336 g/mol. The second-order valence-corrected chi connectivity index (χ2v) is 4.90. The first-order valence-electron chi connectivity index (χ1n) is 6.34. The van der Waals surface area contributed by atoms with Crippen LogP contribution in [0, 0.1) is 11.6 Å². The van der Waals surface area contributed by atoms with Gasteiger partial charge in [-0.25, -0.2) is 8.78 Å². The fraction of sp³-hybridized carbons (Fsp3) is 0.0667. The lowest BCUT2D eigenvalue weighted by Crippen LogP contribution is -2.54. The Morgan fingerprint density at radius 1 is 1.35 bits per heavy atom. The summed E-state index contributed by atoms with van der Waals surface area (Å²) in [7, 11) is 0. The number of rotatable bonds is 4. The first-order chi connectivity index (χ1) is 10.8. The summed E-state index contributed by atoms with van der Waals surface area (Å²) in [6, 6.07) is 2.37. The maximum absolute atomic E-state index is 13.6. The fourth-order valence-corrected chi connectivity index (χ4v) is 2.14. The Hall–Kier alpha value is -2.74. The highest BCUT2D eigenvalue weighted by molar-refractivity contribution is 7.80. The molecule has 1 heterocycles. The Bertz CT molecular complexity index is 774. The molecule has 2 rings (SSSR count). The number of benzene rings is 1. The van der Waals surface area contributed by atoms with Crippen molar-refractivity contribution in [1.82, 2.24) is 10.2 Å². The molecule has 8 heteroatoms. The van der Waals surface area contributed by atoms with Crippen LogP contribution in [0.3, 0.4) is 0 Å². The van der Waals surface area contributed by atoms with Crippen molar-refractivity contribution >= 4 is 34.9 Å². The van der Waals surface area contributed by atoms with E-state index >= 15 is 0 Å². The Kier molecular flexibility index (Phi) is 4.75. The zero-order valence-corrected chi connectivity index (χ0v) is 12.5. The fourth-order valence-electron chi connectivity index (χ4n) is 1.89. The number of hydrogen-bond acceptors (Lipinski definition) is 4. The largest absolute Gasteiger partial charge is 0.298 e. The van der Waals surface area contributed by atoms with Crippen molar-refractivity contribution in [3.8, 4) is 0 Å². The highest BCUT2D eigenvalue weighted by Crippen LogP contribution is 2.15. The van der Waals surface area contributed by atoms with Gasteiger partial charge < -0.3 is 0 Å². The second-order valence-electron chi connectivity index (χ2n) is 4.51. The molecule has 1 aromatic carbocycles. The molecule has 0 radical (unpaired) electrons. The van der Waals surface area contributed by atoms with Crippen molar-refractivity contribution in [3.05, 3.63) is 59.7 Å². The van der Waals surface area contributed by atoms with E-state index in [1.807, 2.05) is 0 Å². The Morgan fingerprint density at radius 2 is 2.04 bits per heavy atom. The van der Waals surface area contributed by atoms with E-state index in [9.17, 15) is 23.2 Å². The summed E-state index contributed by atoms with van der Waals surface area (Å²) in [4.78, 5) is 37.1. The van der Waals surface area contributed by atoms with Gasteiger partial charge in [0.15, 0.2) is 10.9 Å². The van der Waals surface area contributed by atoms with Gasteiger partial charge in [-0.1, -0.05) is 6.08 Å². The summed E-state index contributed by atoms with van der Waals surface area (Å²) in [6.07, 6.45) is 2.09. The molecule has 0 atom stereocenters. The van der Waals surface area contributed by atoms with Crippen LogP contribution in [0.2, 0.25) is 0 Å². The molecule has 0 aliphatic carbocycles. The van der Waals surface area contributed by atoms with E-state index in [2.05, 4.69) is 11.9 Å². The third-order valence-corrected chi connectivity index (χ3v) is 3.29. The SMILES string of the molecule is C=CCN1C(=O)/C(=C\C(=O)c2ccc(F)cc2F)C(=O)NC1=S. The zero-order chi connectivity index (χ0) is 17.1. The quantitative estimate of drug-likeness (QED) is 0.298. The van der Waals surface area contributed by atoms with E-state index in [-0.39, 0.29) is 11.7 Å². The number of allylic oxidation sites excluding steroid dienone is 1. The summed E-state index contributed by atoms with van der Waals surface area (Å²) in [5.41, 5.74) is -0.947. The maximum atomic E-state index is 13.6. The van der Waals surface area contributed by atoms with Crippen molar-refractivity contribution in [3.63, 3.8) is 0 Å². The number of ketones is 1. The number of carbonyl (C=O) groups excluding carboxylic acids is 3. The van der Waals surface area contributed by atoms with Gasteiger partial charge in [0.2, 0.25) is 0 Å². The molecule has 1 aromatic rings. The van der Waals surface area contributed by atoms with Gasteiger partial charge in [0.05, 0.1) is 5.56 Å². The standard InChI is InChI=1S/C15H10F2N2O3S/c1-2-5-19-14(22)10(13(21)18-15(19)23)7-12(20)9-4-3-8(16)6-11(9)17/h2-4,6-7H,1,5H2,(H,18,21,23)/b10-7-. The smallest absolute Gasteiger partial charge is 0.266 e. The molecule has 1 fully saturated rings. The van der Waals surface area contributed by atoms with Crippen LogP contribution in [0.4, 0.5) is 8.78 Å². The average molecular weight is 336 g/mol. The first-order valence-corrected chi connectivity index (χ1v) is 6.75. The normalized spacial score (nSPS) is 16.5. The van der Waals surface area contributed by atoms with Crippen LogP contribution in [-0.4, -0.2) is 34.2 Å². The summed E-state index contributed by atoms with van der Waals surface area (Å²) in [5.74, 6) is -4.53. The number of hydrogen-bond donors (Lipinski definition) is 1. The number of nitrogens with one attached hydrogen (secondary N) is 1. The summed E-state index contributed by atoms with van der Waals surface area (Å²) in [6.45, 7) is 3.49. The van der Waals surface area contributed by atoms with Crippen molar-refractivity contribution in [2.45, 2.75) is 0 Å². The number of carbonyl (C=O) groups is 3. The minimum absolute atomic E-state index is 0.0361. The molecule has 23 heavy (non-hydrogen) atoms. The third kappa shape index (κ3) is 3.37. The van der Waals surface area contributed by atoms with Gasteiger partial charge in [0, 0.05) is 18.7 Å². The molecule has 0 spiro atoms. The molecule has 0 aromatic heterocycles. The molecule has 1 aliphatic heterocycles. The van der Waals surface area contributed by atoms with Gasteiger partial charge in [0.1, 0.15) is 17.2 Å². The van der Waals surface area contributed by atoms with Gasteiger partial charge >= 0.3 is 0 Å². The molecule has 0 unspecified atom stereocenters. The zero-order valence-electron chi connectivity index (χ0n) is 11.6. The highest BCUT2D eigenvalue weighted by Gasteiger charge is 2.33. The van der Waals surface area contributed by atoms with E-state index in [0.29, 0.717) is 12.1 Å². The molecule has 2 amide bonds. The second kappa shape index (κ2) is 6.57. The van der Waals surface area contributed by atoms with Crippen LogP contribution in [0.1, 0.15) is 10.4 Å².